The summed E-state index contributed by atoms with van der Waals surface area (Å²) in [7, 11) is 0. The SMILES string of the molecule is CCCOC(=O)[C@H]1C=CC=C[C@H]1C(=O)OCCC. The third-order valence-corrected chi connectivity index (χ3v) is 2.58. The van der Waals surface area contributed by atoms with Crippen LogP contribution in [0.15, 0.2) is 24.3 Å². The van der Waals surface area contributed by atoms with Crippen molar-refractivity contribution < 1.29 is 19.1 Å². The van der Waals surface area contributed by atoms with Crippen molar-refractivity contribution in [2.24, 2.45) is 11.8 Å². The molecule has 0 saturated carbocycles. The molecule has 100 valence electrons. The van der Waals surface area contributed by atoms with Gasteiger partial charge in [-0.2, -0.15) is 0 Å². The summed E-state index contributed by atoms with van der Waals surface area (Å²) in [6.07, 6.45) is 8.42. The zero-order chi connectivity index (χ0) is 13.4. The molecule has 0 bridgehead atoms. The molecule has 0 radical (unpaired) electrons. The highest BCUT2D eigenvalue weighted by molar-refractivity contribution is 5.85. The van der Waals surface area contributed by atoms with Crippen molar-refractivity contribution in [3.8, 4) is 0 Å². The molecule has 0 saturated heterocycles. The third kappa shape index (κ3) is 4.02. The van der Waals surface area contributed by atoms with Gasteiger partial charge in [-0.15, -0.1) is 0 Å². The molecule has 1 aliphatic carbocycles. The molecular formula is C14H20O4. The molecule has 2 atom stereocenters. The summed E-state index contributed by atoms with van der Waals surface area (Å²) < 4.78 is 10.2. The molecule has 0 aliphatic heterocycles. The van der Waals surface area contributed by atoms with E-state index in [9.17, 15) is 9.59 Å². The average Bonchev–Trinajstić information content (AvgIpc) is 2.42. The van der Waals surface area contributed by atoms with Crippen LogP contribution in [0.25, 0.3) is 0 Å². The van der Waals surface area contributed by atoms with E-state index in [-0.39, 0.29) is 11.9 Å². The smallest absolute Gasteiger partial charge is 0.314 e. The van der Waals surface area contributed by atoms with Crippen LogP contribution in [-0.2, 0) is 19.1 Å². The molecule has 0 aromatic heterocycles. The van der Waals surface area contributed by atoms with E-state index in [2.05, 4.69) is 0 Å². The summed E-state index contributed by atoms with van der Waals surface area (Å²) >= 11 is 0. The maximum atomic E-state index is 11.8. The summed E-state index contributed by atoms with van der Waals surface area (Å²) in [5.74, 6) is -1.86. The molecule has 0 aromatic carbocycles. The summed E-state index contributed by atoms with van der Waals surface area (Å²) in [6, 6.07) is 0. The van der Waals surface area contributed by atoms with Gasteiger partial charge in [0.15, 0.2) is 0 Å². The lowest BCUT2D eigenvalue weighted by molar-refractivity contribution is -0.157. The highest BCUT2D eigenvalue weighted by Gasteiger charge is 2.33. The average molecular weight is 252 g/mol. The minimum atomic E-state index is -0.564. The molecule has 0 unspecified atom stereocenters. The van der Waals surface area contributed by atoms with Gasteiger partial charge in [0.25, 0.3) is 0 Å². The van der Waals surface area contributed by atoms with Crippen LogP contribution in [0.1, 0.15) is 26.7 Å². The predicted molar refractivity (Wildman–Crippen MR) is 67.8 cm³/mol. The molecule has 18 heavy (non-hydrogen) atoms. The van der Waals surface area contributed by atoms with Crippen molar-refractivity contribution >= 4 is 11.9 Å². The zero-order valence-electron chi connectivity index (χ0n) is 10.9. The Hall–Kier alpha value is -1.58. The van der Waals surface area contributed by atoms with E-state index in [4.69, 9.17) is 9.47 Å². The van der Waals surface area contributed by atoms with Gasteiger partial charge in [0.05, 0.1) is 25.0 Å². The second kappa shape index (κ2) is 7.69. The number of rotatable bonds is 6. The van der Waals surface area contributed by atoms with Crippen molar-refractivity contribution in [1.82, 2.24) is 0 Å². The van der Waals surface area contributed by atoms with Crippen LogP contribution < -0.4 is 0 Å². The minimum Gasteiger partial charge on any atom is -0.465 e. The van der Waals surface area contributed by atoms with Gasteiger partial charge >= 0.3 is 11.9 Å². The van der Waals surface area contributed by atoms with E-state index in [1.165, 1.54) is 0 Å². The fraction of sp³-hybridized carbons (Fsp3) is 0.571. The van der Waals surface area contributed by atoms with Gasteiger partial charge in [0, 0.05) is 0 Å². The number of esters is 2. The molecule has 0 fully saturated rings. The maximum absolute atomic E-state index is 11.8. The molecule has 0 spiro atoms. The van der Waals surface area contributed by atoms with Gasteiger partial charge in [-0.25, -0.2) is 0 Å². The Morgan fingerprint density at radius 3 is 1.61 bits per heavy atom. The van der Waals surface area contributed by atoms with Crippen LogP contribution in [0.3, 0.4) is 0 Å². The van der Waals surface area contributed by atoms with E-state index in [0.29, 0.717) is 13.2 Å². The lowest BCUT2D eigenvalue weighted by Crippen LogP contribution is -2.31. The topological polar surface area (TPSA) is 52.6 Å². The molecule has 0 heterocycles. The number of hydrogen-bond donors (Lipinski definition) is 0. The number of allylic oxidation sites excluding steroid dienone is 2. The van der Waals surface area contributed by atoms with Crippen molar-refractivity contribution in [3.63, 3.8) is 0 Å². The van der Waals surface area contributed by atoms with Crippen LogP contribution in [0.2, 0.25) is 0 Å². The third-order valence-electron chi connectivity index (χ3n) is 2.58. The first-order chi connectivity index (χ1) is 8.70. The van der Waals surface area contributed by atoms with E-state index in [1.54, 1.807) is 24.3 Å². The van der Waals surface area contributed by atoms with Crippen LogP contribution in [0.4, 0.5) is 0 Å². The number of carbonyl (C=O) groups excluding carboxylic acids is 2. The highest BCUT2D eigenvalue weighted by atomic mass is 16.5. The zero-order valence-corrected chi connectivity index (χ0v) is 10.9. The van der Waals surface area contributed by atoms with Gasteiger partial charge in [-0.1, -0.05) is 38.2 Å². The summed E-state index contributed by atoms with van der Waals surface area (Å²) in [6.45, 7) is 4.61. The molecule has 0 aromatic rings. The Kier molecular flexibility index (Phi) is 6.19. The molecule has 1 aliphatic rings. The van der Waals surface area contributed by atoms with Gasteiger partial charge in [0.2, 0.25) is 0 Å². The van der Waals surface area contributed by atoms with E-state index in [1.807, 2.05) is 13.8 Å². The second-order valence-corrected chi connectivity index (χ2v) is 4.16. The van der Waals surface area contributed by atoms with Crippen molar-refractivity contribution in [3.05, 3.63) is 24.3 Å². The number of hydrogen-bond acceptors (Lipinski definition) is 4. The normalized spacial score (nSPS) is 21.7. The first-order valence-electron chi connectivity index (χ1n) is 6.39. The molecular weight excluding hydrogens is 232 g/mol. The summed E-state index contributed by atoms with van der Waals surface area (Å²) in [5.41, 5.74) is 0. The number of ether oxygens (including phenoxy) is 2. The fourth-order valence-corrected chi connectivity index (χ4v) is 1.66. The molecule has 1 rings (SSSR count). The first kappa shape index (κ1) is 14.5. The maximum Gasteiger partial charge on any atom is 0.314 e. The molecule has 4 nitrogen and oxygen atoms in total. The largest absolute Gasteiger partial charge is 0.465 e. The molecule has 4 heteroatoms. The van der Waals surface area contributed by atoms with Gasteiger partial charge in [-0.3, -0.25) is 9.59 Å². The van der Waals surface area contributed by atoms with Crippen molar-refractivity contribution in [2.75, 3.05) is 13.2 Å². The second-order valence-electron chi connectivity index (χ2n) is 4.16. The van der Waals surface area contributed by atoms with Crippen LogP contribution in [0, 0.1) is 11.8 Å². The highest BCUT2D eigenvalue weighted by Crippen LogP contribution is 2.22. The van der Waals surface area contributed by atoms with Gasteiger partial charge < -0.3 is 9.47 Å². The molecule has 0 amide bonds. The van der Waals surface area contributed by atoms with Crippen LogP contribution >= 0.6 is 0 Å². The van der Waals surface area contributed by atoms with E-state index >= 15 is 0 Å². The lowest BCUT2D eigenvalue weighted by atomic mass is 9.88. The Morgan fingerprint density at radius 2 is 1.28 bits per heavy atom. The Labute approximate surface area is 108 Å². The number of carbonyl (C=O) groups is 2. The Balaban J connectivity index is 2.63. The fourth-order valence-electron chi connectivity index (χ4n) is 1.66. The Morgan fingerprint density at radius 1 is 0.889 bits per heavy atom. The van der Waals surface area contributed by atoms with Crippen LogP contribution in [-0.4, -0.2) is 25.2 Å². The van der Waals surface area contributed by atoms with Crippen LogP contribution in [0.5, 0.6) is 0 Å². The first-order valence-corrected chi connectivity index (χ1v) is 6.39. The van der Waals surface area contributed by atoms with Gasteiger partial charge in [0.1, 0.15) is 0 Å². The Bertz CT molecular complexity index is 310. The predicted octanol–water partition coefficient (Wildman–Crippen LogP) is 2.25. The van der Waals surface area contributed by atoms with E-state index < -0.39 is 11.8 Å². The summed E-state index contributed by atoms with van der Waals surface area (Å²) in [5, 5.41) is 0. The molecule has 0 N–H and O–H groups in total. The summed E-state index contributed by atoms with van der Waals surface area (Å²) in [4.78, 5) is 23.7. The van der Waals surface area contributed by atoms with Crippen molar-refractivity contribution in [1.29, 1.82) is 0 Å². The van der Waals surface area contributed by atoms with Crippen molar-refractivity contribution in [2.45, 2.75) is 26.7 Å². The van der Waals surface area contributed by atoms with E-state index in [0.717, 1.165) is 12.8 Å². The van der Waals surface area contributed by atoms with Gasteiger partial charge in [-0.05, 0) is 12.8 Å². The quantitative estimate of drug-likeness (QED) is 0.680. The monoisotopic (exact) mass is 252 g/mol. The minimum absolute atomic E-state index is 0.365. The standard InChI is InChI=1S/C14H20O4/c1-3-9-17-13(15)11-7-5-6-8-12(11)14(16)18-10-4-2/h5-8,11-12H,3-4,9-10H2,1-2H3/t11-,12+. The lowest BCUT2D eigenvalue weighted by Gasteiger charge is -2.21.